The molecule has 3 N–H and O–H groups in total. The summed E-state index contributed by atoms with van der Waals surface area (Å²) in [6.07, 6.45) is 1.04. The van der Waals surface area contributed by atoms with E-state index in [1.165, 1.54) is 0 Å². The molecule has 4 nitrogen and oxygen atoms in total. The zero-order valence-corrected chi connectivity index (χ0v) is 13.3. The van der Waals surface area contributed by atoms with Crippen molar-refractivity contribution in [3.63, 3.8) is 0 Å². The lowest BCUT2D eigenvalue weighted by atomic mass is 10.1. The summed E-state index contributed by atoms with van der Waals surface area (Å²) >= 11 is 0. The number of halogens is 1. The highest BCUT2D eigenvalue weighted by Gasteiger charge is 1.96. The van der Waals surface area contributed by atoms with E-state index in [9.17, 15) is 0 Å². The number of nitrogens with one attached hydrogen (secondary N) is 1. The summed E-state index contributed by atoms with van der Waals surface area (Å²) in [5.74, 6) is 0.504. The molecule has 0 aliphatic heterocycles. The summed E-state index contributed by atoms with van der Waals surface area (Å²) in [7, 11) is 1.69. The molecule has 0 spiro atoms. The van der Waals surface area contributed by atoms with Crippen LogP contribution in [0.25, 0.3) is 0 Å². The zero-order chi connectivity index (χ0) is 12.5. The zero-order valence-electron chi connectivity index (χ0n) is 11.0. The van der Waals surface area contributed by atoms with Gasteiger partial charge < -0.3 is 15.8 Å². The molecule has 0 bridgehead atoms. The van der Waals surface area contributed by atoms with Crippen LogP contribution in [0.15, 0.2) is 29.3 Å². The van der Waals surface area contributed by atoms with E-state index in [2.05, 4.69) is 23.3 Å². The maximum absolute atomic E-state index is 5.72. The molecule has 1 aromatic carbocycles. The van der Waals surface area contributed by atoms with E-state index < -0.39 is 0 Å². The second-order valence-corrected chi connectivity index (χ2v) is 3.88. The van der Waals surface area contributed by atoms with Crippen molar-refractivity contribution in [2.24, 2.45) is 10.7 Å². The van der Waals surface area contributed by atoms with Gasteiger partial charge in [0, 0.05) is 13.7 Å². The third kappa shape index (κ3) is 6.80. The van der Waals surface area contributed by atoms with Crippen molar-refractivity contribution in [2.45, 2.75) is 26.5 Å². The molecule has 0 unspecified atom stereocenters. The molecular weight excluding hydrogens is 341 g/mol. The second-order valence-electron chi connectivity index (χ2n) is 3.88. The first-order chi connectivity index (χ1) is 8.26. The Hall–Kier alpha value is -0.820. The molecular formula is C13H22IN3O. The predicted molar refractivity (Wildman–Crippen MR) is 86.2 cm³/mol. The summed E-state index contributed by atoms with van der Waals surface area (Å²) in [5.41, 5.74) is 8.01. The Morgan fingerprint density at radius 3 is 2.78 bits per heavy atom. The molecule has 102 valence electrons. The van der Waals surface area contributed by atoms with Gasteiger partial charge in [0.1, 0.15) is 0 Å². The molecule has 0 fully saturated rings. The molecule has 0 amide bonds. The molecule has 0 aliphatic rings. The Labute approximate surface area is 126 Å². The lowest BCUT2D eigenvalue weighted by Gasteiger charge is -2.05. The average molecular weight is 363 g/mol. The topological polar surface area (TPSA) is 59.6 Å². The normalized spacial score (nSPS) is 10.9. The van der Waals surface area contributed by atoms with Crippen LogP contribution in [0.2, 0.25) is 0 Å². The third-order valence-electron chi connectivity index (χ3n) is 2.29. The number of nitrogens with two attached hydrogens (primary N) is 1. The number of methoxy groups -OCH3 is 1. The van der Waals surface area contributed by atoms with Gasteiger partial charge in [0.25, 0.3) is 0 Å². The van der Waals surface area contributed by atoms with Gasteiger partial charge >= 0.3 is 0 Å². The first kappa shape index (κ1) is 17.2. The van der Waals surface area contributed by atoms with Crippen molar-refractivity contribution >= 4 is 29.9 Å². The number of nitrogens with zero attached hydrogens (tertiary/aromatic N) is 1. The molecule has 18 heavy (non-hydrogen) atoms. The SMILES string of the molecule is CCCNC(N)=NCc1cccc(COC)c1.I. The van der Waals surface area contributed by atoms with Crippen LogP contribution in [0.4, 0.5) is 0 Å². The van der Waals surface area contributed by atoms with Crippen LogP contribution in [0.5, 0.6) is 0 Å². The summed E-state index contributed by atoms with van der Waals surface area (Å²) < 4.78 is 5.09. The van der Waals surface area contributed by atoms with Crippen molar-refractivity contribution in [3.05, 3.63) is 35.4 Å². The average Bonchev–Trinajstić information content (AvgIpc) is 2.35. The Morgan fingerprint density at radius 2 is 2.11 bits per heavy atom. The van der Waals surface area contributed by atoms with Crippen LogP contribution >= 0.6 is 24.0 Å². The minimum Gasteiger partial charge on any atom is -0.380 e. The molecule has 0 aromatic heterocycles. The lowest BCUT2D eigenvalue weighted by molar-refractivity contribution is 0.185. The first-order valence-electron chi connectivity index (χ1n) is 5.86. The van der Waals surface area contributed by atoms with Crippen LogP contribution in [0.3, 0.4) is 0 Å². The maximum atomic E-state index is 5.72. The van der Waals surface area contributed by atoms with Gasteiger partial charge in [-0.1, -0.05) is 31.2 Å². The minimum absolute atomic E-state index is 0. The molecule has 1 aromatic rings. The second kappa shape index (κ2) is 10.1. The van der Waals surface area contributed by atoms with Crippen molar-refractivity contribution in [1.82, 2.24) is 5.32 Å². The van der Waals surface area contributed by atoms with E-state index in [4.69, 9.17) is 10.5 Å². The summed E-state index contributed by atoms with van der Waals surface area (Å²) in [6, 6.07) is 8.17. The first-order valence-corrected chi connectivity index (χ1v) is 5.86. The molecule has 0 saturated carbocycles. The number of hydrogen-bond acceptors (Lipinski definition) is 2. The van der Waals surface area contributed by atoms with Gasteiger partial charge in [0.15, 0.2) is 5.96 Å². The number of aliphatic imine (C=N–C) groups is 1. The molecule has 0 heterocycles. The van der Waals surface area contributed by atoms with Crippen molar-refractivity contribution in [1.29, 1.82) is 0 Å². The number of benzene rings is 1. The monoisotopic (exact) mass is 363 g/mol. The van der Waals surface area contributed by atoms with Crippen LogP contribution in [-0.2, 0) is 17.9 Å². The van der Waals surface area contributed by atoms with E-state index in [1.54, 1.807) is 7.11 Å². The molecule has 0 atom stereocenters. The quantitative estimate of drug-likeness (QED) is 0.463. The van der Waals surface area contributed by atoms with Gasteiger partial charge in [0.2, 0.25) is 0 Å². The maximum Gasteiger partial charge on any atom is 0.188 e. The Bertz CT molecular complexity index is 369. The van der Waals surface area contributed by atoms with E-state index in [0.29, 0.717) is 19.1 Å². The lowest BCUT2D eigenvalue weighted by Crippen LogP contribution is -2.32. The van der Waals surface area contributed by atoms with Crippen molar-refractivity contribution in [2.75, 3.05) is 13.7 Å². The van der Waals surface area contributed by atoms with Crippen LogP contribution in [0.1, 0.15) is 24.5 Å². The van der Waals surface area contributed by atoms with Gasteiger partial charge in [0.05, 0.1) is 13.2 Å². The molecule has 1 rings (SSSR count). The van der Waals surface area contributed by atoms with Crippen LogP contribution in [-0.4, -0.2) is 19.6 Å². The van der Waals surface area contributed by atoms with E-state index >= 15 is 0 Å². The van der Waals surface area contributed by atoms with Gasteiger partial charge in [-0.2, -0.15) is 0 Å². The van der Waals surface area contributed by atoms with Gasteiger partial charge in [-0.05, 0) is 17.5 Å². The Kier molecular flexibility index (Phi) is 9.67. The fourth-order valence-electron chi connectivity index (χ4n) is 1.47. The largest absolute Gasteiger partial charge is 0.380 e. The van der Waals surface area contributed by atoms with Gasteiger partial charge in [-0.3, -0.25) is 0 Å². The van der Waals surface area contributed by atoms with Gasteiger partial charge in [-0.25, -0.2) is 4.99 Å². The molecule has 0 saturated heterocycles. The van der Waals surface area contributed by atoms with E-state index in [0.717, 1.165) is 24.1 Å². The molecule has 5 heteroatoms. The van der Waals surface area contributed by atoms with E-state index in [1.807, 2.05) is 18.2 Å². The summed E-state index contributed by atoms with van der Waals surface area (Å²) in [5, 5.41) is 3.05. The van der Waals surface area contributed by atoms with Crippen molar-refractivity contribution < 1.29 is 4.74 Å². The number of ether oxygens (including phenoxy) is 1. The van der Waals surface area contributed by atoms with Crippen molar-refractivity contribution in [3.8, 4) is 0 Å². The summed E-state index contributed by atoms with van der Waals surface area (Å²) in [6.45, 7) is 4.18. The highest BCUT2D eigenvalue weighted by molar-refractivity contribution is 14.0. The smallest absolute Gasteiger partial charge is 0.188 e. The number of guanidine groups is 1. The molecule has 0 radical (unpaired) electrons. The summed E-state index contributed by atoms with van der Waals surface area (Å²) in [4.78, 5) is 4.28. The number of hydrogen-bond donors (Lipinski definition) is 2. The third-order valence-corrected chi connectivity index (χ3v) is 2.29. The Balaban J connectivity index is 0.00000289. The molecule has 0 aliphatic carbocycles. The van der Waals surface area contributed by atoms with Crippen LogP contribution in [0, 0.1) is 0 Å². The fourth-order valence-corrected chi connectivity index (χ4v) is 1.47. The minimum atomic E-state index is 0. The fraction of sp³-hybridized carbons (Fsp3) is 0.462. The number of rotatable bonds is 6. The predicted octanol–water partition coefficient (Wildman–Crippen LogP) is 2.27. The standard InChI is InChI=1S/C13H21N3O.HI/c1-3-7-15-13(14)16-9-11-5-4-6-12(8-11)10-17-2;/h4-6,8H,3,7,9-10H2,1-2H3,(H3,14,15,16);1H. The van der Waals surface area contributed by atoms with Gasteiger partial charge in [-0.15, -0.1) is 24.0 Å². The highest BCUT2D eigenvalue weighted by atomic mass is 127. The van der Waals surface area contributed by atoms with E-state index in [-0.39, 0.29) is 24.0 Å². The highest BCUT2D eigenvalue weighted by Crippen LogP contribution is 2.07. The Morgan fingerprint density at radius 1 is 1.39 bits per heavy atom. The van der Waals surface area contributed by atoms with Crippen LogP contribution < -0.4 is 11.1 Å².